The van der Waals surface area contributed by atoms with E-state index in [-0.39, 0.29) is 11.7 Å². The van der Waals surface area contributed by atoms with Crippen molar-refractivity contribution < 1.29 is 9.59 Å². The second kappa shape index (κ2) is 7.57. The lowest BCUT2D eigenvalue weighted by Gasteiger charge is -2.22. The van der Waals surface area contributed by atoms with Crippen LogP contribution in [0.15, 0.2) is 79.4 Å². The number of nitrogens with zero attached hydrogens (tertiary/aromatic N) is 2. The molecule has 4 heteroatoms. The summed E-state index contributed by atoms with van der Waals surface area (Å²) < 4.78 is 0. The predicted octanol–water partition coefficient (Wildman–Crippen LogP) is 4.60. The molecule has 0 aromatic heterocycles. The van der Waals surface area contributed by atoms with E-state index in [1.807, 2.05) is 36.4 Å². The number of amides is 1. The first-order valence-electron chi connectivity index (χ1n) is 9.29. The maximum Gasteiger partial charge on any atom is 0.254 e. The van der Waals surface area contributed by atoms with Crippen molar-refractivity contribution in [2.45, 2.75) is 6.54 Å². The van der Waals surface area contributed by atoms with Crippen molar-refractivity contribution in [2.24, 2.45) is 0 Å². The van der Waals surface area contributed by atoms with Gasteiger partial charge >= 0.3 is 0 Å². The Morgan fingerprint density at radius 1 is 0.966 bits per heavy atom. The highest BCUT2D eigenvalue weighted by Gasteiger charge is 2.27. The van der Waals surface area contributed by atoms with Crippen molar-refractivity contribution in [1.82, 2.24) is 4.90 Å². The van der Waals surface area contributed by atoms with E-state index in [0.717, 1.165) is 16.7 Å². The van der Waals surface area contributed by atoms with Crippen molar-refractivity contribution in [3.05, 3.63) is 107 Å². The first-order valence-corrected chi connectivity index (χ1v) is 9.29. The SMILES string of the molecule is C=CCN(Cc1cccc(C#N)c1)C(=O)c1ccc2c(c1)C(=O)c1ccccc1-2. The molecular formula is C25H18N2O2. The zero-order chi connectivity index (χ0) is 20.4. The molecule has 140 valence electrons. The van der Waals surface area contributed by atoms with Gasteiger partial charge in [-0.15, -0.1) is 6.58 Å². The minimum absolute atomic E-state index is 0.0535. The molecular weight excluding hydrogens is 360 g/mol. The van der Waals surface area contributed by atoms with Crippen molar-refractivity contribution >= 4 is 11.7 Å². The fourth-order valence-corrected chi connectivity index (χ4v) is 3.68. The Morgan fingerprint density at radius 3 is 2.48 bits per heavy atom. The van der Waals surface area contributed by atoms with Gasteiger partial charge in [0.15, 0.2) is 5.78 Å². The quantitative estimate of drug-likeness (QED) is 0.477. The minimum Gasteiger partial charge on any atom is -0.331 e. The smallest absolute Gasteiger partial charge is 0.254 e. The number of ketones is 1. The van der Waals surface area contributed by atoms with Crippen molar-refractivity contribution in [1.29, 1.82) is 5.26 Å². The molecule has 4 nitrogen and oxygen atoms in total. The summed E-state index contributed by atoms with van der Waals surface area (Å²) in [5.74, 6) is -0.235. The van der Waals surface area contributed by atoms with Gasteiger partial charge in [-0.25, -0.2) is 0 Å². The standard InChI is InChI=1S/C25H18N2O2/c1-2-12-27(16-18-7-5-6-17(13-18)15-26)25(29)19-10-11-21-20-8-3-4-9-22(20)24(28)23(21)14-19/h2-11,13-14H,1,12,16H2. The molecule has 3 aromatic rings. The van der Waals surface area contributed by atoms with E-state index in [4.69, 9.17) is 5.26 Å². The first kappa shape index (κ1) is 18.4. The van der Waals surface area contributed by atoms with E-state index in [1.54, 1.807) is 41.3 Å². The van der Waals surface area contributed by atoms with E-state index in [0.29, 0.717) is 35.3 Å². The number of hydrogen-bond donors (Lipinski definition) is 0. The van der Waals surface area contributed by atoms with Crippen LogP contribution in [0.25, 0.3) is 11.1 Å². The highest BCUT2D eigenvalue weighted by atomic mass is 16.2. The molecule has 0 aliphatic heterocycles. The summed E-state index contributed by atoms with van der Waals surface area (Å²) in [5.41, 5.74) is 4.87. The number of carbonyl (C=O) groups is 2. The van der Waals surface area contributed by atoms with Crippen LogP contribution in [0, 0.1) is 11.3 Å². The molecule has 0 bridgehead atoms. The summed E-state index contributed by atoms with van der Waals surface area (Å²) in [6.45, 7) is 4.46. The summed E-state index contributed by atoms with van der Waals surface area (Å²) in [6, 6.07) is 22.1. The molecule has 4 rings (SSSR count). The zero-order valence-corrected chi connectivity index (χ0v) is 15.8. The Morgan fingerprint density at radius 2 is 1.72 bits per heavy atom. The number of hydrogen-bond acceptors (Lipinski definition) is 3. The van der Waals surface area contributed by atoms with Crippen LogP contribution in [0.1, 0.15) is 37.4 Å². The number of nitriles is 1. The van der Waals surface area contributed by atoms with Crippen LogP contribution in [-0.2, 0) is 6.54 Å². The van der Waals surface area contributed by atoms with Gasteiger partial charge in [0.05, 0.1) is 11.6 Å². The molecule has 0 atom stereocenters. The third-order valence-electron chi connectivity index (χ3n) is 5.04. The van der Waals surface area contributed by atoms with Crippen LogP contribution >= 0.6 is 0 Å². The predicted molar refractivity (Wildman–Crippen MR) is 111 cm³/mol. The van der Waals surface area contributed by atoms with Gasteiger partial charge in [-0.05, 0) is 41.0 Å². The fraction of sp³-hybridized carbons (Fsp3) is 0.0800. The molecule has 1 aliphatic rings. The van der Waals surface area contributed by atoms with Crippen LogP contribution in [0.2, 0.25) is 0 Å². The zero-order valence-electron chi connectivity index (χ0n) is 15.8. The summed E-state index contributed by atoms with van der Waals surface area (Å²) in [4.78, 5) is 27.6. The van der Waals surface area contributed by atoms with Gasteiger partial charge in [-0.2, -0.15) is 5.26 Å². The van der Waals surface area contributed by atoms with E-state index in [1.165, 1.54) is 0 Å². The summed E-state index contributed by atoms with van der Waals surface area (Å²) in [7, 11) is 0. The van der Waals surface area contributed by atoms with Crippen LogP contribution in [0.4, 0.5) is 0 Å². The van der Waals surface area contributed by atoms with Gasteiger partial charge in [0, 0.05) is 29.8 Å². The molecule has 0 N–H and O–H groups in total. The normalized spacial score (nSPS) is 11.3. The molecule has 1 aliphatic carbocycles. The van der Waals surface area contributed by atoms with Crippen LogP contribution in [0.3, 0.4) is 0 Å². The highest BCUT2D eigenvalue weighted by molar-refractivity contribution is 6.22. The molecule has 0 heterocycles. The second-order valence-corrected chi connectivity index (χ2v) is 6.92. The molecule has 0 saturated heterocycles. The Labute approximate surface area is 169 Å². The minimum atomic E-state index is -0.182. The van der Waals surface area contributed by atoms with Gasteiger partial charge in [0.25, 0.3) is 5.91 Å². The maximum atomic E-state index is 13.2. The van der Waals surface area contributed by atoms with Gasteiger partial charge in [0.1, 0.15) is 0 Å². The molecule has 0 unspecified atom stereocenters. The first-order chi connectivity index (χ1) is 14.1. The number of carbonyl (C=O) groups excluding carboxylic acids is 2. The average molecular weight is 378 g/mol. The lowest BCUT2D eigenvalue weighted by atomic mass is 10.0. The molecule has 0 radical (unpaired) electrons. The lowest BCUT2D eigenvalue weighted by Crippen LogP contribution is -2.30. The number of fused-ring (bicyclic) bond motifs is 3. The Kier molecular flexibility index (Phi) is 4.80. The lowest BCUT2D eigenvalue weighted by molar-refractivity contribution is 0.0762. The molecule has 3 aromatic carbocycles. The molecule has 0 fully saturated rings. The Hall–Kier alpha value is -3.97. The van der Waals surface area contributed by atoms with Gasteiger partial charge in [-0.1, -0.05) is 48.5 Å². The highest BCUT2D eigenvalue weighted by Crippen LogP contribution is 2.36. The summed E-state index contributed by atoms with van der Waals surface area (Å²) in [6.07, 6.45) is 1.67. The van der Waals surface area contributed by atoms with Gasteiger partial charge in [0.2, 0.25) is 0 Å². The van der Waals surface area contributed by atoms with Crippen molar-refractivity contribution in [2.75, 3.05) is 6.54 Å². The van der Waals surface area contributed by atoms with E-state index < -0.39 is 0 Å². The van der Waals surface area contributed by atoms with Gasteiger partial charge in [-0.3, -0.25) is 9.59 Å². The number of rotatable bonds is 5. The molecule has 29 heavy (non-hydrogen) atoms. The van der Waals surface area contributed by atoms with Crippen LogP contribution < -0.4 is 0 Å². The largest absolute Gasteiger partial charge is 0.331 e. The van der Waals surface area contributed by atoms with E-state index in [9.17, 15) is 9.59 Å². The number of benzene rings is 3. The Balaban J connectivity index is 1.65. The van der Waals surface area contributed by atoms with Crippen molar-refractivity contribution in [3.8, 4) is 17.2 Å². The maximum absolute atomic E-state index is 13.2. The third-order valence-corrected chi connectivity index (χ3v) is 5.04. The molecule has 0 spiro atoms. The van der Waals surface area contributed by atoms with Crippen molar-refractivity contribution in [3.63, 3.8) is 0 Å². The van der Waals surface area contributed by atoms with Crippen LogP contribution in [-0.4, -0.2) is 23.1 Å². The summed E-state index contributed by atoms with van der Waals surface area (Å²) >= 11 is 0. The van der Waals surface area contributed by atoms with Gasteiger partial charge < -0.3 is 4.90 Å². The van der Waals surface area contributed by atoms with E-state index >= 15 is 0 Å². The Bertz CT molecular complexity index is 1190. The van der Waals surface area contributed by atoms with E-state index in [2.05, 4.69) is 12.6 Å². The third kappa shape index (κ3) is 3.35. The fourth-order valence-electron chi connectivity index (χ4n) is 3.68. The second-order valence-electron chi connectivity index (χ2n) is 6.92. The summed E-state index contributed by atoms with van der Waals surface area (Å²) in [5, 5.41) is 9.10. The monoisotopic (exact) mass is 378 g/mol. The van der Waals surface area contributed by atoms with Crippen LogP contribution in [0.5, 0.6) is 0 Å². The average Bonchev–Trinajstić information content (AvgIpc) is 3.05. The topological polar surface area (TPSA) is 61.2 Å². The molecule has 1 amide bonds. The molecule has 0 saturated carbocycles.